The Morgan fingerprint density at radius 3 is 0.619 bits per heavy atom. The van der Waals surface area contributed by atoms with Crippen molar-refractivity contribution in [2.24, 2.45) is 187 Å². The third kappa shape index (κ3) is 20.2. The number of hydrogen-bond acceptors (Lipinski definition) is 8. The van der Waals surface area contributed by atoms with Crippen LogP contribution in [0.2, 0.25) is 0 Å². The first-order valence-electron chi connectivity index (χ1n) is 50.9. The van der Waals surface area contributed by atoms with E-state index < -0.39 is 22.4 Å². The van der Waals surface area contributed by atoms with E-state index in [1.165, 1.54) is 154 Å². The van der Waals surface area contributed by atoms with Crippen LogP contribution in [0, 0.1) is 187 Å². The Hall–Kier alpha value is -1.36. The fourth-order valence-electron chi connectivity index (χ4n) is 33.6. The van der Waals surface area contributed by atoms with E-state index in [2.05, 4.69) is 135 Å². The summed E-state index contributed by atoms with van der Waals surface area (Å²) in [5.41, 5.74) is 6.12. The molecule has 16 aliphatic rings. The molecule has 118 heavy (non-hydrogen) atoms. The number of rotatable bonds is 20. The summed E-state index contributed by atoms with van der Waals surface area (Å²) in [5.74, 6) is 20.3. The van der Waals surface area contributed by atoms with Crippen LogP contribution >= 0.6 is 0 Å². The Morgan fingerprint density at radius 2 is 0.441 bits per heavy atom. The standard InChI is InChI=1S/4C27H46O2.2CH4/c4*1-17(2)6-11-25(28)18(3)23-9-10-24-22-8-7-19-16-26(4,29)14-12-20(19)21(22)13-15-27(23,24)5;;/h4*7,17-18,20-25,28-29H,6,8-16H2,1-5H3;2*1H4/t18-,20-,21+,22+,23+,24-,25?,26-,27+;2*18-,20-,21+,22+,23+,24-,25+,26-,27+;18-,20-,21+,22+,23+,24-,25-,26-,27+;;/m0000../s1. The first-order chi connectivity index (χ1) is 54.5. The summed E-state index contributed by atoms with van der Waals surface area (Å²) in [6.45, 7) is 46.0. The maximum atomic E-state index is 10.9. The molecule has 12 saturated carbocycles. The molecule has 0 aromatic carbocycles. The molecule has 0 aromatic heterocycles. The van der Waals surface area contributed by atoms with Gasteiger partial charge in [0.15, 0.2) is 0 Å². The van der Waals surface area contributed by atoms with Crippen molar-refractivity contribution < 1.29 is 40.9 Å². The number of allylic oxidation sites excluding steroid dienone is 4. The van der Waals surface area contributed by atoms with Crippen LogP contribution in [-0.2, 0) is 0 Å². The summed E-state index contributed by atoms with van der Waals surface area (Å²) in [6, 6.07) is 0. The quantitative estimate of drug-likeness (QED) is 0.0559. The lowest BCUT2D eigenvalue weighted by atomic mass is 9.50. The molecule has 0 heterocycles. The van der Waals surface area contributed by atoms with Gasteiger partial charge in [-0.25, -0.2) is 0 Å². The lowest BCUT2D eigenvalue weighted by molar-refractivity contribution is -0.0538. The second-order valence-corrected chi connectivity index (χ2v) is 49.6. The molecule has 8 heteroatoms. The van der Waals surface area contributed by atoms with Gasteiger partial charge in [-0.05, 0) is 472 Å². The highest BCUT2D eigenvalue weighted by molar-refractivity contribution is 5.27. The van der Waals surface area contributed by atoms with Gasteiger partial charge in [0.1, 0.15) is 0 Å². The maximum Gasteiger partial charge on any atom is 0.0657 e. The van der Waals surface area contributed by atoms with Crippen LogP contribution in [0.5, 0.6) is 0 Å². The lowest BCUT2D eigenvalue weighted by Crippen LogP contribution is -2.48. The van der Waals surface area contributed by atoms with E-state index in [-0.39, 0.29) is 39.3 Å². The first kappa shape index (κ1) is 97.3. The van der Waals surface area contributed by atoms with Gasteiger partial charge in [0.2, 0.25) is 0 Å². The van der Waals surface area contributed by atoms with Crippen molar-refractivity contribution in [3.8, 4) is 0 Å². The molecule has 0 saturated heterocycles. The minimum absolute atomic E-state index is 0. The molecule has 16 rings (SSSR count). The van der Waals surface area contributed by atoms with E-state index in [1.54, 1.807) is 22.3 Å². The monoisotopic (exact) mass is 1640 g/mol. The van der Waals surface area contributed by atoms with Crippen molar-refractivity contribution in [2.75, 3.05) is 0 Å². The average molecular weight is 1640 g/mol. The van der Waals surface area contributed by atoms with E-state index in [1.807, 2.05) is 27.7 Å². The van der Waals surface area contributed by atoms with E-state index >= 15 is 0 Å². The summed E-state index contributed by atoms with van der Waals surface area (Å²) in [7, 11) is 0. The van der Waals surface area contributed by atoms with Gasteiger partial charge in [-0.3, -0.25) is 0 Å². The smallest absolute Gasteiger partial charge is 0.0657 e. The van der Waals surface area contributed by atoms with Crippen LogP contribution in [0.25, 0.3) is 0 Å². The normalized spacial score (nSPS) is 45.7. The summed E-state index contributed by atoms with van der Waals surface area (Å²) >= 11 is 0. The highest BCUT2D eigenvalue weighted by Crippen LogP contribution is 2.71. The van der Waals surface area contributed by atoms with Crippen molar-refractivity contribution in [1.29, 1.82) is 0 Å². The highest BCUT2D eigenvalue weighted by Gasteiger charge is 2.63. The van der Waals surface area contributed by atoms with Crippen molar-refractivity contribution >= 4 is 0 Å². The largest absolute Gasteiger partial charge is 0.393 e. The van der Waals surface area contributed by atoms with Gasteiger partial charge in [0.05, 0.1) is 46.8 Å². The molecule has 0 bridgehead atoms. The van der Waals surface area contributed by atoms with Crippen LogP contribution in [0.1, 0.15) is 410 Å². The summed E-state index contributed by atoms with van der Waals surface area (Å²) in [5, 5.41) is 86.0. The molecular formula is C110H192O8. The van der Waals surface area contributed by atoms with Crippen molar-refractivity contribution in [2.45, 2.75) is 457 Å². The predicted molar refractivity (Wildman–Crippen MR) is 495 cm³/mol. The Kier molecular flexibility index (Phi) is 31.7. The molecule has 8 N–H and O–H groups in total. The van der Waals surface area contributed by atoms with Gasteiger partial charge in [-0.15, -0.1) is 0 Å². The zero-order valence-electron chi connectivity index (χ0n) is 78.6. The third-order valence-electron chi connectivity index (χ3n) is 40.3. The second-order valence-electron chi connectivity index (χ2n) is 49.6. The predicted octanol–water partition coefficient (Wildman–Crippen LogP) is 26.7. The molecule has 36 atom stereocenters. The number of hydrogen-bond donors (Lipinski definition) is 8. The van der Waals surface area contributed by atoms with Gasteiger partial charge >= 0.3 is 0 Å². The van der Waals surface area contributed by atoms with Crippen LogP contribution < -0.4 is 0 Å². The van der Waals surface area contributed by atoms with Gasteiger partial charge in [0, 0.05) is 0 Å². The SMILES string of the molecule is C.C.CC(C)CCC(O)[C@@H](C)[C@H]1CC[C@H]2[C@@H]3CC=C4C[C@@](C)(O)CC[C@@H]4[C@H]3CC[C@]12C.CC(C)CC[C@@H](O)[C@@H](C)[C@H]1CC[C@H]2[C@@H]3CC=C4C[C@@](C)(O)CC[C@@H]4[C@H]3CC[C@]12C.CC(C)CC[C@@H](O)[C@@H](C)[C@H]1CC[C@H]2[C@@H]3CC=C4C[C@@](C)(O)CC[C@@H]4[C@H]3CC[C@]12C.CC(C)CC[C@H](O)[C@@H](C)[C@H]1CC[C@H]2[C@@H]3CC=C4C[C@@](C)(O)CC[C@@H]4[C@H]3CC[C@]12C. The Balaban J connectivity index is 0.000000153. The number of aliphatic hydroxyl groups excluding tert-OH is 4. The third-order valence-corrected chi connectivity index (χ3v) is 40.3. The van der Waals surface area contributed by atoms with Crippen molar-refractivity contribution in [1.82, 2.24) is 0 Å². The molecule has 0 radical (unpaired) electrons. The van der Waals surface area contributed by atoms with Crippen LogP contribution in [-0.4, -0.2) is 87.7 Å². The number of fused-ring (bicyclic) bond motifs is 20. The topological polar surface area (TPSA) is 162 Å². The van der Waals surface area contributed by atoms with E-state index in [4.69, 9.17) is 0 Å². The summed E-state index contributed by atoms with van der Waals surface area (Å²) < 4.78 is 0. The zero-order valence-corrected chi connectivity index (χ0v) is 78.6. The minimum atomic E-state index is -0.474. The molecular weight excluding hydrogens is 1450 g/mol. The molecule has 8 nitrogen and oxygen atoms in total. The Labute approximate surface area is 727 Å². The van der Waals surface area contributed by atoms with Crippen LogP contribution in [0.15, 0.2) is 46.6 Å². The minimum Gasteiger partial charge on any atom is -0.393 e. The lowest BCUT2D eigenvalue weighted by Gasteiger charge is -2.55. The Bertz CT molecular complexity index is 2910. The first-order valence-corrected chi connectivity index (χ1v) is 50.9. The Morgan fingerprint density at radius 1 is 0.254 bits per heavy atom. The zero-order chi connectivity index (χ0) is 83.9. The van der Waals surface area contributed by atoms with Crippen LogP contribution in [0.3, 0.4) is 0 Å². The van der Waals surface area contributed by atoms with Gasteiger partial charge in [-0.1, -0.05) is 172 Å². The summed E-state index contributed by atoms with van der Waals surface area (Å²) in [4.78, 5) is 0. The molecule has 12 fully saturated rings. The van der Waals surface area contributed by atoms with E-state index in [0.717, 1.165) is 197 Å². The maximum absolute atomic E-state index is 10.9. The fourth-order valence-corrected chi connectivity index (χ4v) is 33.6. The molecule has 1 unspecified atom stereocenters. The van der Waals surface area contributed by atoms with E-state index in [9.17, 15) is 40.9 Å². The molecule has 16 aliphatic carbocycles. The van der Waals surface area contributed by atoms with Gasteiger partial charge in [-0.2, -0.15) is 0 Å². The fraction of sp³-hybridized carbons (Fsp3) is 0.927. The van der Waals surface area contributed by atoms with Gasteiger partial charge in [0.25, 0.3) is 0 Å². The number of aliphatic hydroxyl groups is 8. The van der Waals surface area contributed by atoms with Gasteiger partial charge < -0.3 is 40.9 Å². The highest BCUT2D eigenvalue weighted by atomic mass is 16.3. The molecule has 0 amide bonds. The average Bonchev–Trinajstić information content (AvgIpc) is 1.59. The van der Waals surface area contributed by atoms with Crippen molar-refractivity contribution in [3.63, 3.8) is 0 Å². The van der Waals surface area contributed by atoms with Crippen LogP contribution in [0.4, 0.5) is 0 Å². The molecule has 0 spiro atoms. The summed E-state index contributed by atoms with van der Waals surface area (Å²) in [6.07, 6.45) is 57.0. The molecule has 0 aliphatic heterocycles. The van der Waals surface area contributed by atoms with E-state index in [0.29, 0.717) is 92.7 Å². The second kappa shape index (κ2) is 38.5. The molecule has 680 valence electrons. The molecule has 0 aromatic rings. The van der Waals surface area contributed by atoms with Crippen molar-refractivity contribution in [3.05, 3.63) is 46.6 Å².